The monoisotopic (exact) mass is 440 g/mol. The number of nitrogens with one attached hydrogen (secondary N) is 1. The number of anilines is 1. The molecule has 0 bridgehead atoms. The third kappa shape index (κ3) is 5.10. The Kier molecular flexibility index (Phi) is 6.49. The molecular weight excluding hydrogens is 425 g/mol. The third-order valence-electron chi connectivity index (χ3n) is 3.93. The number of benzene rings is 2. The van der Waals surface area contributed by atoms with Gasteiger partial charge in [-0.25, -0.2) is 0 Å². The number of carbonyl (C=O) groups excluding carboxylic acids is 1. The first-order chi connectivity index (χ1) is 13.8. The van der Waals surface area contributed by atoms with Crippen molar-refractivity contribution in [2.45, 2.75) is 24.7 Å². The van der Waals surface area contributed by atoms with Gasteiger partial charge in [-0.3, -0.25) is 9.36 Å². The number of thioether (sulfide) groups is 1. The molecule has 0 aliphatic rings. The summed E-state index contributed by atoms with van der Waals surface area (Å²) < 4.78 is 40.5. The summed E-state index contributed by atoms with van der Waals surface area (Å²) in [5.74, 6) is 0.165. The Balaban J connectivity index is 1.73. The number of para-hydroxylation sites is 1. The first-order valence-corrected chi connectivity index (χ1v) is 9.95. The molecule has 152 valence electrons. The van der Waals surface area contributed by atoms with Crippen LogP contribution in [0.4, 0.5) is 18.9 Å². The number of aromatic nitrogens is 3. The van der Waals surface area contributed by atoms with Crippen molar-refractivity contribution in [3.05, 3.63) is 64.9 Å². The van der Waals surface area contributed by atoms with Gasteiger partial charge in [0.1, 0.15) is 5.82 Å². The minimum atomic E-state index is -4.53. The number of alkyl halides is 3. The molecule has 0 radical (unpaired) electrons. The number of carbonyl (C=O) groups is 1. The van der Waals surface area contributed by atoms with Gasteiger partial charge in [0.25, 0.3) is 0 Å². The lowest BCUT2D eigenvalue weighted by Gasteiger charge is -2.12. The lowest BCUT2D eigenvalue weighted by molar-refractivity contribution is -0.137. The van der Waals surface area contributed by atoms with Crippen LogP contribution >= 0.6 is 23.4 Å². The maximum absolute atomic E-state index is 12.9. The molecule has 5 nitrogen and oxygen atoms in total. The number of halogens is 4. The fourth-order valence-corrected chi connectivity index (χ4v) is 3.51. The standard InChI is InChI=1S/C19H16ClF3N4OS/c1-2-16-25-26-18(27(16)13-6-4-3-5-7-13)29-11-17(28)24-15-10-12(19(21,22)23)8-9-14(15)20/h3-10H,2,11H2,1H3,(H,24,28). The topological polar surface area (TPSA) is 59.8 Å². The molecule has 0 atom stereocenters. The van der Waals surface area contributed by atoms with Crippen LogP contribution < -0.4 is 5.32 Å². The van der Waals surface area contributed by atoms with E-state index < -0.39 is 17.6 Å². The summed E-state index contributed by atoms with van der Waals surface area (Å²) in [6.45, 7) is 1.94. The SMILES string of the molecule is CCc1nnc(SCC(=O)Nc2cc(C(F)(F)F)ccc2Cl)n1-c1ccccc1. The van der Waals surface area contributed by atoms with Crippen molar-refractivity contribution in [2.24, 2.45) is 0 Å². The molecule has 2 aromatic carbocycles. The van der Waals surface area contributed by atoms with Gasteiger partial charge in [-0.1, -0.05) is 48.5 Å². The van der Waals surface area contributed by atoms with Crippen LogP contribution in [0.3, 0.4) is 0 Å². The maximum Gasteiger partial charge on any atom is 0.416 e. The summed E-state index contributed by atoms with van der Waals surface area (Å²) in [7, 11) is 0. The second kappa shape index (κ2) is 8.87. The fraction of sp³-hybridized carbons (Fsp3) is 0.211. The number of amides is 1. The van der Waals surface area contributed by atoms with Crippen LogP contribution in [0.5, 0.6) is 0 Å². The van der Waals surface area contributed by atoms with Crippen LogP contribution in [0, 0.1) is 0 Å². The minimum Gasteiger partial charge on any atom is -0.324 e. The van der Waals surface area contributed by atoms with Crippen LogP contribution in [0.15, 0.2) is 53.7 Å². The van der Waals surface area contributed by atoms with Crippen LogP contribution in [0.25, 0.3) is 5.69 Å². The molecule has 0 saturated carbocycles. The Morgan fingerprint density at radius 2 is 1.90 bits per heavy atom. The second-order valence-corrected chi connectivity index (χ2v) is 7.30. The van der Waals surface area contributed by atoms with Crippen molar-refractivity contribution < 1.29 is 18.0 Å². The van der Waals surface area contributed by atoms with E-state index in [0.29, 0.717) is 11.6 Å². The van der Waals surface area contributed by atoms with E-state index in [0.717, 1.165) is 41.5 Å². The van der Waals surface area contributed by atoms with Crippen molar-refractivity contribution >= 4 is 35.0 Å². The van der Waals surface area contributed by atoms with E-state index in [4.69, 9.17) is 11.6 Å². The molecule has 3 aromatic rings. The van der Waals surface area contributed by atoms with Crippen molar-refractivity contribution in [1.29, 1.82) is 0 Å². The molecule has 1 amide bonds. The molecule has 0 unspecified atom stereocenters. The number of nitrogens with zero attached hydrogens (tertiary/aromatic N) is 3. The van der Waals surface area contributed by atoms with E-state index in [-0.39, 0.29) is 16.5 Å². The lowest BCUT2D eigenvalue weighted by Crippen LogP contribution is -2.16. The summed E-state index contributed by atoms with van der Waals surface area (Å²) in [6.07, 6.45) is -3.88. The Hall–Kier alpha value is -2.52. The molecule has 0 aliphatic heterocycles. The highest BCUT2D eigenvalue weighted by molar-refractivity contribution is 7.99. The molecular formula is C19H16ClF3N4OS. The van der Waals surface area contributed by atoms with Gasteiger partial charge in [-0.15, -0.1) is 10.2 Å². The molecule has 10 heteroatoms. The summed E-state index contributed by atoms with van der Waals surface area (Å²) in [6, 6.07) is 12.2. The van der Waals surface area contributed by atoms with Gasteiger partial charge in [0.2, 0.25) is 5.91 Å². The van der Waals surface area contributed by atoms with Crippen LogP contribution in [0.2, 0.25) is 5.02 Å². The first kappa shape index (κ1) is 21.2. The van der Waals surface area contributed by atoms with Crippen LogP contribution in [-0.2, 0) is 17.4 Å². The molecule has 29 heavy (non-hydrogen) atoms. The molecule has 0 fully saturated rings. The van der Waals surface area contributed by atoms with Gasteiger partial charge in [0.05, 0.1) is 22.0 Å². The molecule has 0 aliphatic carbocycles. The van der Waals surface area contributed by atoms with E-state index in [2.05, 4.69) is 15.5 Å². The van der Waals surface area contributed by atoms with E-state index >= 15 is 0 Å². The first-order valence-electron chi connectivity index (χ1n) is 8.58. The number of aryl methyl sites for hydroxylation is 1. The largest absolute Gasteiger partial charge is 0.416 e. The molecule has 1 N–H and O–H groups in total. The van der Waals surface area contributed by atoms with Gasteiger partial charge >= 0.3 is 6.18 Å². The van der Waals surface area contributed by atoms with Gasteiger partial charge in [0, 0.05) is 12.1 Å². The maximum atomic E-state index is 12.9. The van der Waals surface area contributed by atoms with E-state index in [9.17, 15) is 18.0 Å². The van der Waals surface area contributed by atoms with Crippen molar-refractivity contribution in [3.8, 4) is 5.69 Å². The summed E-state index contributed by atoms with van der Waals surface area (Å²) in [5, 5.41) is 11.2. The summed E-state index contributed by atoms with van der Waals surface area (Å²) >= 11 is 7.05. The normalized spacial score (nSPS) is 11.5. The number of rotatable bonds is 6. The summed E-state index contributed by atoms with van der Waals surface area (Å²) in [4.78, 5) is 12.3. The molecule has 0 spiro atoms. The van der Waals surface area contributed by atoms with Gasteiger partial charge < -0.3 is 5.32 Å². The zero-order valence-electron chi connectivity index (χ0n) is 15.2. The van der Waals surface area contributed by atoms with E-state index in [1.165, 1.54) is 0 Å². The Morgan fingerprint density at radius 1 is 1.17 bits per heavy atom. The summed E-state index contributed by atoms with van der Waals surface area (Å²) in [5.41, 5.74) is -0.120. The lowest BCUT2D eigenvalue weighted by atomic mass is 10.2. The average molecular weight is 441 g/mol. The fourth-order valence-electron chi connectivity index (χ4n) is 2.57. The minimum absolute atomic E-state index is 0.0251. The van der Waals surface area contributed by atoms with Gasteiger partial charge in [-0.2, -0.15) is 13.2 Å². The Labute approximate surface area is 174 Å². The highest BCUT2D eigenvalue weighted by Gasteiger charge is 2.31. The number of hydrogen-bond acceptors (Lipinski definition) is 4. The second-order valence-electron chi connectivity index (χ2n) is 5.95. The Morgan fingerprint density at radius 3 is 2.55 bits per heavy atom. The van der Waals surface area contributed by atoms with Crippen LogP contribution in [-0.4, -0.2) is 26.4 Å². The van der Waals surface area contributed by atoms with Crippen LogP contribution in [0.1, 0.15) is 18.3 Å². The van der Waals surface area contributed by atoms with E-state index in [1.54, 1.807) is 0 Å². The molecule has 0 saturated heterocycles. The van der Waals surface area contributed by atoms with Gasteiger partial charge in [-0.05, 0) is 30.3 Å². The molecule has 1 aromatic heterocycles. The predicted molar refractivity (Wildman–Crippen MR) is 107 cm³/mol. The van der Waals surface area contributed by atoms with E-state index in [1.807, 2.05) is 41.8 Å². The molecule has 3 rings (SSSR count). The quantitative estimate of drug-likeness (QED) is 0.533. The van der Waals surface area contributed by atoms with Crippen molar-refractivity contribution in [1.82, 2.24) is 14.8 Å². The molecule has 1 heterocycles. The number of hydrogen-bond donors (Lipinski definition) is 1. The zero-order chi connectivity index (χ0) is 21.0. The third-order valence-corrected chi connectivity index (χ3v) is 5.19. The highest BCUT2D eigenvalue weighted by atomic mass is 35.5. The Bertz CT molecular complexity index is 1010. The van der Waals surface area contributed by atoms with Gasteiger partial charge in [0.15, 0.2) is 5.16 Å². The average Bonchev–Trinajstić information content (AvgIpc) is 3.11. The smallest absolute Gasteiger partial charge is 0.324 e. The highest BCUT2D eigenvalue weighted by Crippen LogP contribution is 2.34. The zero-order valence-corrected chi connectivity index (χ0v) is 16.8. The van der Waals surface area contributed by atoms with Crippen molar-refractivity contribution in [2.75, 3.05) is 11.1 Å². The predicted octanol–water partition coefficient (Wildman–Crippen LogP) is 5.23. The van der Waals surface area contributed by atoms with Crippen molar-refractivity contribution in [3.63, 3.8) is 0 Å².